The second-order valence-corrected chi connectivity index (χ2v) is 5.81. The van der Waals surface area contributed by atoms with E-state index in [0.717, 1.165) is 11.1 Å². The van der Waals surface area contributed by atoms with Crippen LogP contribution in [-0.2, 0) is 4.79 Å². The van der Waals surface area contributed by atoms with Crippen LogP contribution in [0.4, 0.5) is 5.82 Å². The summed E-state index contributed by atoms with van der Waals surface area (Å²) in [5.41, 5.74) is 1.33. The lowest BCUT2D eigenvalue weighted by Gasteiger charge is -2.17. The van der Waals surface area contributed by atoms with E-state index >= 15 is 0 Å². The van der Waals surface area contributed by atoms with Crippen LogP contribution in [0.2, 0.25) is 5.02 Å². The predicted octanol–water partition coefficient (Wildman–Crippen LogP) is 3.71. The van der Waals surface area contributed by atoms with Crippen molar-refractivity contribution in [3.05, 3.63) is 35.5 Å². The lowest BCUT2D eigenvalue weighted by atomic mass is 9.95. The molecule has 0 aliphatic carbocycles. The Kier molecular flexibility index (Phi) is 3.62. The number of aromatic nitrogens is 2. The summed E-state index contributed by atoms with van der Waals surface area (Å²) in [4.78, 5) is 12.0. The zero-order valence-corrected chi connectivity index (χ0v) is 11.9. The van der Waals surface area contributed by atoms with E-state index in [1.54, 1.807) is 18.3 Å². The Balaban J connectivity index is 2.28. The number of nitrogens with zero attached hydrogens (tertiary/aromatic N) is 1. The van der Waals surface area contributed by atoms with Gasteiger partial charge < -0.3 is 5.32 Å². The largest absolute Gasteiger partial charge is 0.310 e. The first-order valence-electron chi connectivity index (χ1n) is 5.98. The molecule has 1 aromatic carbocycles. The average molecular weight is 278 g/mol. The first-order valence-corrected chi connectivity index (χ1v) is 6.36. The SMILES string of the molecule is CC(C)(C)C(=O)Nc1[nH]ncc1-c1ccc(Cl)cc1. The highest BCUT2D eigenvalue weighted by atomic mass is 35.5. The van der Waals surface area contributed by atoms with Crippen molar-refractivity contribution in [1.29, 1.82) is 0 Å². The van der Waals surface area contributed by atoms with Crippen LogP contribution < -0.4 is 5.32 Å². The van der Waals surface area contributed by atoms with Gasteiger partial charge in [-0.05, 0) is 17.7 Å². The Labute approximate surface area is 117 Å². The molecule has 5 heteroatoms. The number of nitrogens with one attached hydrogen (secondary N) is 2. The number of H-pyrrole nitrogens is 1. The summed E-state index contributed by atoms with van der Waals surface area (Å²) in [5, 5.41) is 10.3. The van der Waals surface area contributed by atoms with E-state index in [4.69, 9.17) is 11.6 Å². The van der Waals surface area contributed by atoms with Gasteiger partial charge in [-0.3, -0.25) is 9.89 Å². The van der Waals surface area contributed by atoms with E-state index in [1.165, 1.54) is 0 Å². The molecule has 1 heterocycles. The molecule has 2 rings (SSSR count). The van der Waals surface area contributed by atoms with Gasteiger partial charge in [-0.2, -0.15) is 5.10 Å². The van der Waals surface area contributed by atoms with Crippen molar-refractivity contribution in [2.45, 2.75) is 20.8 Å². The zero-order chi connectivity index (χ0) is 14.0. The second-order valence-electron chi connectivity index (χ2n) is 5.37. The molecule has 0 fully saturated rings. The number of aromatic amines is 1. The Morgan fingerprint density at radius 1 is 1.26 bits per heavy atom. The van der Waals surface area contributed by atoms with Gasteiger partial charge in [0.15, 0.2) is 0 Å². The maximum Gasteiger partial charge on any atom is 0.230 e. The highest BCUT2D eigenvalue weighted by Crippen LogP contribution is 2.28. The fourth-order valence-corrected chi connectivity index (χ4v) is 1.66. The first-order chi connectivity index (χ1) is 8.88. The molecule has 1 amide bonds. The minimum Gasteiger partial charge on any atom is -0.310 e. The van der Waals surface area contributed by atoms with E-state index in [0.29, 0.717) is 10.8 Å². The van der Waals surface area contributed by atoms with Gasteiger partial charge in [-0.25, -0.2) is 0 Å². The van der Waals surface area contributed by atoms with Gasteiger partial charge in [-0.1, -0.05) is 44.5 Å². The van der Waals surface area contributed by atoms with Crippen molar-refractivity contribution < 1.29 is 4.79 Å². The number of halogens is 1. The van der Waals surface area contributed by atoms with Crippen molar-refractivity contribution in [2.75, 3.05) is 5.32 Å². The van der Waals surface area contributed by atoms with Gasteiger partial charge in [-0.15, -0.1) is 0 Å². The number of carbonyl (C=O) groups is 1. The first kappa shape index (κ1) is 13.6. The standard InChI is InChI=1S/C14H16ClN3O/c1-14(2,3)13(19)17-12-11(8-16-18-12)9-4-6-10(15)7-5-9/h4-8H,1-3H3,(H2,16,17,18,19). The molecule has 0 atom stereocenters. The molecule has 0 bridgehead atoms. The number of amides is 1. The van der Waals surface area contributed by atoms with Crippen molar-refractivity contribution >= 4 is 23.3 Å². The average Bonchev–Trinajstić information content (AvgIpc) is 2.77. The van der Waals surface area contributed by atoms with Crippen LogP contribution in [0.5, 0.6) is 0 Å². The molecule has 0 saturated carbocycles. The molecular formula is C14H16ClN3O. The van der Waals surface area contributed by atoms with Crippen LogP contribution in [-0.4, -0.2) is 16.1 Å². The molecule has 0 unspecified atom stereocenters. The van der Waals surface area contributed by atoms with E-state index in [1.807, 2.05) is 32.9 Å². The topological polar surface area (TPSA) is 57.8 Å². The summed E-state index contributed by atoms with van der Waals surface area (Å²) >= 11 is 5.86. The number of hydrogen-bond donors (Lipinski definition) is 2. The summed E-state index contributed by atoms with van der Waals surface area (Å²) in [6.07, 6.45) is 1.68. The van der Waals surface area contributed by atoms with Gasteiger partial charge in [0, 0.05) is 16.0 Å². The third-order valence-electron chi connectivity index (χ3n) is 2.71. The maximum absolute atomic E-state index is 12.0. The van der Waals surface area contributed by atoms with Gasteiger partial charge >= 0.3 is 0 Å². The molecule has 0 aliphatic rings. The highest BCUT2D eigenvalue weighted by Gasteiger charge is 2.22. The van der Waals surface area contributed by atoms with Crippen molar-refractivity contribution in [2.24, 2.45) is 5.41 Å². The van der Waals surface area contributed by atoms with Crippen LogP contribution in [0.25, 0.3) is 11.1 Å². The van der Waals surface area contributed by atoms with Crippen molar-refractivity contribution in [3.63, 3.8) is 0 Å². The number of carbonyl (C=O) groups excluding carboxylic acids is 1. The molecule has 1 aromatic heterocycles. The molecule has 100 valence electrons. The molecule has 19 heavy (non-hydrogen) atoms. The molecular weight excluding hydrogens is 262 g/mol. The Bertz CT molecular complexity index is 581. The summed E-state index contributed by atoms with van der Waals surface area (Å²) in [6.45, 7) is 5.59. The highest BCUT2D eigenvalue weighted by molar-refractivity contribution is 6.30. The lowest BCUT2D eigenvalue weighted by Crippen LogP contribution is -2.28. The molecule has 0 radical (unpaired) electrons. The van der Waals surface area contributed by atoms with Crippen LogP contribution in [0.1, 0.15) is 20.8 Å². The van der Waals surface area contributed by atoms with E-state index in [2.05, 4.69) is 15.5 Å². The van der Waals surface area contributed by atoms with E-state index in [9.17, 15) is 4.79 Å². The fourth-order valence-electron chi connectivity index (χ4n) is 1.53. The quantitative estimate of drug-likeness (QED) is 0.879. The molecule has 2 N–H and O–H groups in total. The van der Waals surface area contributed by atoms with Gasteiger partial charge in [0.2, 0.25) is 5.91 Å². The van der Waals surface area contributed by atoms with Crippen molar-refractivity contribution in [3.8, 4) is 11.1 Å². The molecule has 4 nitrogen and oxygen atoms in total. The summed E-state index contributed by atoms with van der Waals surface area (Å²) in [7, 11) is 0. The molecule has 2 aromatic rings. The van der Waals surface area contributed by atoms with Gasteiger partial charge in [0.1, 0.15) is 5.82 Å². The minimum atomic E-state index is -0.456. The number of anilines is 1. The Morgan fingerprint density at radius 2 is 1.89 bits per heavy atom. The number of rotatable bonds is 2. The summed E-state index contributed by atoms with van der Waals surface area (Å²) < 4.78 is 0. The normalized spacial score (nSPS) is 11.4. The third-order valence-corrected chi connectivity index (χ3v) is 2.97. The summed E-state index contributed by atoms with van der Waals surface area (Å²) in [5.74, 6) is 0.536. The Morgan fingerprint density at radius 3 is 2.47 bits per heavy atom. The number of hydrogen-bond acceptors (Lipinski definition) is 2. The summed E-state index contributed by atoms with van der Waals surface area (Å²) in [6, 6.07) is 7.39. The monoisotopic (exact) mass is 277 g/mol. The van der Waals surface area contributed by atoms with E-state index < -0.39 is 5.41 Å². The van der Waals surface area contributed by atoms with Crippen LogP contribution in [0.15, 0.2) is 30.5 Å². The van der Waals surface area contributed by atoms with Crippen LogP contribution in [0, 0.1) is 5.41 Å². The maximum atomic E-state index is 12.0. The van der Waals surface area contributed by atoms with Crippen LogP contribution >= 0.6 is 11.6 Å². The molecule has 0 aliphatic heterocycles. The third kappa shape index (κ3) is 3.15. The van der Waals surface area contributed by atoms with Crippen molar-refractivity contribution in [1.82, 2.24) is 10.2 Å². The zero-order valence-electron chi connectivity index (χ0n) is 11.1. The lowest BCUT2D eigenvalue weighted by molar-refractivity contribution is -0.123. The predicted molar refractivity (Wildman–Crippen MR) is 77.1 cm³/mol. The minimum absolute atomic E-state index is 0.0630. The van der Waals surface area contributed by atoms with Crippen LogP contribution in [0.3, 0.4) is 0 Å². The number of benzene rings is 1. The molecule has 0 spiro atoms. The Hall–Kier alpha value is -1.81. The smallest absolute Gasteiger partial charge is 0.230 e. The fraction of sp³-hybridized carbons (Fsp3) is 0.286. The molecule has 0 saturated heterocycles. The van der Waals surface area contributed by atoms with Gasteiger partial charge in [0.05, 0.1) is 6.20 Å². The van der Waals surface area contributed by atoms with E-state index in [-0.39, 0.29) is 5.91 Å². The van der Waals surface area contributed by atoms with Gasteiger partial charge in [0.25, 0.3) is 0 Å². The second kappa shape index (κ2) is 5.05.